The number of carbonyl (C=O) groups is 3. The van der Waals surface area contributed by atoms with Crippen LogP contribution in [0.1, 0.15) is 47.4 Å². The van der Waals surface area contributed by atoms with Gasteiger partial charge in [-0.25, -0.2) is 4.98 Å². The van der Waals surface area contributed by atoms with Crippen molar-refractivity contribution in [1.82, 2.24) is 15.2 Å². The maximum absolute atomic E-state index is 13.9. The van der Waals surface area contributed by atoms with Gasteiger partial charge in [0, 0.05) is 31.0 Å². The summed E-state index contributed by atoms with van der Waals surface area (Å²) < 4.78 is 0. The highest BCUT2D eigenvalue weighted by Gasteiger charge is 2.47. The summed E-state index contributed by atoms with van der Waals surface area (Å²) in [5, 5.41) is 13.4. The van der Waals surface area contributed by atoms with Crippen LogP contribution in [0.25, 0.3) is 10.4 Å². The predicted octanol–water partition coefficient (Wildman–Crippen LogP) is 4.02. The molecule has 7 nitrogen and oxygen atoms in total. The molecule has 1 saturated heterocycles. The lowest BCUT2D eigenvalue weighted by molar-refractivity contribution is -0.144. The van der Waals surface area contributed by atoms with Gasteiger partial charge in [-0.15, -0.1) is 11.3 Å². The van der Waals surface area contributed by atoms with Crippen molar-refractivity contribution >= 4 is 28.9 Å². The van der Waals surface area contributed by atoms with Gasteiger partial charge in [-0.1, -0.05) is 62.4 Å². The third-order valence-corrected chi connectivity index (χ3v) is 8.77. The van der Waals surface area contributed by atoms with E-state index in [4.69, 9.17) is 0 Å². The van der Waals surface area contributed by atoms with Crippen LogP contribution in [-0.4, -0.2) is 51.3 Å². The molecule has 2 heterocycles. The third kappa shape index (κ3) is 5.02. The summed E-state index contributed by atoms with van der Waals surface area (Å²) >= 11 is 1.59. The molecule has 2 aliphatic rings. The van der Waals surface area contributed by atoms with Gasteiger partial charge in [-0.3, -0.25) is 14.4 Å². The standard InChI is InChI=1S/C30H33N3O4S/c1-17(2)26(24-12-21-6-4-5-7-23(21)27(24)35)30(37)33-15-22(34)13-25(33)29(36)31-14-19-8-10-20(11-9-19)28-18(3)32-16-38-28/h4-11,16-17,22,24-26,34H,12-15H2,1-3H3,(H,31,36)/t22-,24?,25+,26-/m1/s1. The number of β-amino-alcohol motifs (C(OH)–C–C–N with tert-alkyl or cyclic N) is 1. The highest BCUT2D eigenvalue weighted by atomic mass is 32.1. The Labute approximate surface area is 226 Å². The van der Waals surface area contributed by atoms with Gasteiger partial charge in [0.1, 0.15) is 6.04 Å². The molecule has 1 aliphatic carbocycles. The number of Topliss-reactive ketones (excluding diaryl/α,β-unsaturated/α-hetero) is 1. The molecule has 0 spiro atoms. The molecule has 1 fully saturated rings. The summed E-state index contributed by atoms with van der Waals surface area (Å²) in [7, 11) is 0. The smallest absolute Gasteiger partial charge is 0.243 e. The molecule has 3 aromatic rings. The first-order valence-corrected chi connectivity index (χ1v) is 14.0. The van der Waals surface area contributed by atoms with Gasteiger partial charge in [0.05, 0.1) is 28.1 Å². The lowest BCUT2D eigenvalue weighted by atomic mass is 9.79. The van der Waals surface area contributed by atoms with Crippen molar-refractivity contribution < 1.29 is 19.5 Å². The highest BCUT2D eigenvalue weighted by molar-refractivity contribution is 7.13. The fourth-order valence-corrected chi connectivity index (χ4v) is 6.65. The highest BCUT2D eigenvalue weighted by Crippen LogP contribution is 2.37. The zero-order valence-electron chi connectivity index (χ0n) is 21.9. The summed E-state index contributed by atoms with van der Waals surface area (Å²) in [5.41, 5.74) is 6.49. The topological polar surface area (TPSA) is 99.6 Å². The van der Waals surface area contributed by atoms with E-state index in [0.29, 0.717) is 18.5 Å². The van der Waals surface area contributed by atoms with E-state index >= 15 is 0 Å². The van der Waals surface area contributed by atoms with Gasteiger partial charge in [0.25, 0.3) is 0 Å². The monoisotopic (exact) mass is 531 g/mol. The molecule has 2 amide bonds. The Morgan fingerprint density at radius 1 is 1.16 bits per heavy atom. The Morgan fingerprint density at radius 2 is 1.89 bits per heavy atom. The van der Waals surface area contributed by atoms with Crippen molar-refractivity contribution in [3.8, 4) is 10.4 Å². The SMILES string of the molecule is Cc1ncsc1-c1ccc(CNC(=O)[C@@H]2C[C@@H](O)CN2C(=O)[C@H](C(C)C)C2Cc3ccccc3C2=O)cc1. The number of aryl methyl sites for hydroxylation is 1. The number of likely N-dealkylation sites (tertiary alicyclic amines) is 1. The second-order valence-corrected chi connectivity index (χ2v) is 11.5. The Morgan fingerprint density at radius 3 is 2.55 bits per heavy atom. The first kappa shape index (κ1) is 26.3. The lowest BCUT2D eigenvalue weighted by Crippen LogP contribution is -2.50. The summed E-state index contributed by atoms with van der Waals surface area (Å²) in [6.07, 6.45) is -0.0699. The van der Waals surface area contributed by atoms with Gasteiger partial charge in [-0.2, -0.15) is 0 Å². The van der Waals surface area contributed by atoms with Crippen LogP contribution in [-0.2, 0) is 22.6 Å². The van der Waals surface area contributed by atoms with Crippen molar-refractivity contribution in [2.24, 2.45) is 17.8 Å². The summed E-state index contributed by atoms with van der Waals surface area (Å²) in [4.78, 5) is 47.2. The molecule has 8 heteroatoms. The Bertz CT molecular complexity index is 1350. The Hall–Kier alpha value is -3.36. The van der Waals surface area contributed by atoms with E-state index in [9.17, 15) is 19.5 Å². The molecule has 198 valence electrons. The van der Waals surface area contributed by atoms with E-state index in [0.717, 1.165) is 27.3 Å². The van der Waals surface area contributed by atoms with E-state index in [-0.39, 0.29) is 36.5 Å². The zero-order chi connectivity index (χ0) is 27.0. The maximum Gasteiger partial charge on any atom is 0.243 e. The second-order valence-electron chi connectivity index (χ2n) is 10.7. The average Bonchev–Trinajstić information content (AvgIpc) is 3.60. The molecule has 5 rings (SSSR count). The number of hydrogen-bond acceptors (Lipinski definition) is 6. The number of benzene rings is 2. The quantitative estimate of drug-likeness (QED) is 0.480. The van der Waals surface area contributed by atoms with Crippen molar-refractivity contribution in [3.05, 3.63) is 76.4 Å². The number of hydrogen-bond donors (Lipinski definition) is 2. The number of ketones is 1. The molecule has 1 aromatic heterocycles. The van der Waals surface area contributed by atoms with Gasteiger partial charge in [0.15, 0.2) is 5.78 Å². The van der Waals surface area contributed by atoms with Gasteiger partial charge in [-0.05, 0) is 36.0 Å². The van der Waals surface area contributed by atoms with Crippen LogP contribution in [0.3, 0.4) is 0 Å². The van der Waals surface area contributed by atoms with Gasteiger partial charge in [0.2, 0.25) is 11.8 Å². The fourth-order valence-electron chi connectivity index (χ4n) is 5.84. The van der Waals surface area contributed by atoms with E-state index < -0.39 is 24.0 Å². The number of aliphatic hydroxyl groups excluding tert-OH is 1. The number of carbonyl (C=O) groups excluding carboxylic acids is 3. The molecule has 1 aliphatic heterocycles. The molecule has 0 saturated carbocycles. The molecule has 0 bridgehead atoms. The Balaban J connectivity index is 1.27. The summed E-state index contributed by atoms with van der Waals surface area (Å²) in [5.74, 6) is -1.63. The van der Waals surface area contributed by atoms with E-state index in [1.807, 2.05) is 74.8 Å². The van der Waals surface area contributed by atoms with Crippen LogP contribution in [0, 0.1) is 24.7 Å². The number of amides is 2. The first-order valence-electron chi connectivity index (χ1n) is 13.1. The van der Waals surface area contributed by atoms with Crippen LogP contribution >= 0.6 is 11.3 Å². The minimum atomic E-state index is -0.777. The van der Waals surface area contributed by atoms with Crippen LogP contribution in [0.4, 0.5) is 0 Å². The molecule has 4 atom stereocenters. The zero-order valence-corrected chi connectivity index (χ0v) is 22.7. The average molecular weight is 532 g/mol. The van der Waals surface area contributed by atoms with Gasteiger partial charge < -0.3 is 15.3 Å². The molecule has 38 heavy (non-hydrogen) atoms. The molecular weight excluding hydrogens is 498 g/mol. The maximum atomic E-state index is 13.9. The third-order valence-electron chi connectivity index (χ3n) is 7.79. The van der Waals surface area contributed by atoms with E-state index in [1.165, 1.54) is 4.90 Å². The predicted molar refractivity (Wildman–Crippen MR) is 147 cm³/mol. The molecule has 1 unspecified atom stereocenters. The van der Waals surface area contributed by atoms with Crippen LogP contribution in [0.5, 0.6) is 0 Å². The van der Waals surface area contributed by atoms with Crippen LogP contribution in [0.15, 0.2) is 54.0 Å². The minimum absolute atomic E-state index is 0.00892. The number of aromatic nitrogens is 1. The molecule has 2 aromatic carbocycles. The first-order chi connectivity index (χ1) is 18.2. The summed E-state index contributed by atoms with van der Waals surface area (Å²) in [6.45, 7) is 6.28. The molecule has 2 N–H and O–H groups in total. The minimum Gasteiger partial charge on any atom is -0.391 e. The van der Waals surface area contributed by atoms with E-state index in [1.54, 1.807) is 11.3 Å². The number of nitrogens with one attached hydrogen (secondary N) is 1. The fraction of sp³-hybridized carbons (Fsp3) is 0.400. The van der Waals surface area contributed by atoms with Crippen molar-refractivity contribution in [1.29, 1.82) is 0 Å². The van der Waals surface area contributed by atoms with Crippen LogP contribution in [0.2, 0.25) is 0 Å². The number of nitrogens with zero attached hydrogens (tertiary/aromatic N) is 2. The normalized spacial score (nSPS) is 21.6. The molecule has 0 radical (unpaired) electrons. The number of thiazole rings is 1. The van der Waals surface area contributed by atoms with Crippen molar-refractivity contribution in [2.75, 3.05) is 6.54 Å². The van der Waals surface area contributed by atoms with E-state index in [2.05, 4.69) is 10.3 Å². The van der Waals surface area contributed by atoms with Crippen molar-refractivity contribution in [3.63, 3.8) is 0 Å². The summed E-state index contributed by atoms with van der Waals surface area (Å²) in [6, 6.07) is 14.7. The molecular formula is C30H33N3O4S. The number of fused-ring (bicyclic) bond motifs is 1. The number of rotatable bonds is 7. The Kier molecular flexibility index (Phi) is 7.45. The lowest BCUT2D eigenvalue weighted by Gasteiger charge is -2.32. The largest absolute Gasteiger partial charge is 0.391 e. The number of aliphatic hydroxyl groups is 1. The van der Waals surface area contributed by atoms with Gasteiger partial charge >= 0.3 is 0 Å². The van der Waals surface area contributed by atoms with Crippen LogP contribution < -0.4 is 5.32 Å². The van der Waals surface area contributed by atoms with Crippen molar-refractivity contribution in [2.45, 2.75) is 52.3 Å². The second kappa shape index (κ2) is 10.8.